The molecular formula is C19H31. The van der Waals surface area contributed by atoms with E-state index in [0.717, 1.165) is 23.2 Å². The number of rotatable bonds is 1. The maximum atomic E-state index is 2.04. The summed E-state index contributed by atoms with van der Waals surface area (Å²) in [7, 11) is 0. The molecule has 0 N–H and O–H groups in total. The quantitative estimate of drug-likeness (QED) is 0.549. The molecule has 2 atom stereocenters. The Bertz CT molecular complexity index is 308. The van der Waals surface area contributed by atoms with Gasteiger partial charge in [0.25, 0.3) is 0 Å². The number of fused-ring (bicyclic) bond motifs is 5. The highest BCUT2D eigenvalue weighted by Gasteiger charge is 2.47. The second-order valence-corrected chi connectivity index (χ2v) is 8.30. The zero-order valence-electron chi connectivity index (χ0n) is 12.6. The lowest BCUT2D eigenvalue weighted by atomic mass is 9.55. The van der Waals surface area contributed by atoms with Crippen LogP contribution in [-0.4, -0.2) is 0 Å². The summed E-state index contributed by atoms with van der Waals surface area (Å²) in [5.74, 6) is 5.31. The fourth-order valence-electron chi connectivity index (χ4n) is 6.41. The molecule has 2 unspecified atom stereocenters. The first kappa shape index (κ1) is 12.7. The van der Waals surface area contributed by atoms with Crippen molar-refractivity contribution in [3.63, 3.8) is 0 Å². The van der Waals surface area contributed by atoms with Crippen molar-refractivity contribution >= 4 is 0 Å². The second kappa shape index (κ2) is 5.08. The summed E-state index contributed by atoms with van der Waals surface area (Å²) in [5, 5.41) is 0. The van der Waals surface area contributed by atoms with Gasteiger partial charge in [-0.15, -0.1) is 0 Å². The standard InChI is InChI=1S/C19H31/c1-4-16-8-9-18(17(7-1)14-16)19-11-2-5-15(10-13-19)6-3-12-19/h15-16,18H,1-14H2. The molecule has 0 aromatic heterocycles. The molecule has 4 rings (SSSR count). The second-order valence-electron chi connectivity index (χ2n) is 8.30. The highest BCUT2D eigenvalue weighted by molar-refractivity contribution is 5.11. The Balaban J connectivity index is 1.58. The third kappa shape index (κ3) is 2.28. The summed E-state index contributed by atoms with van der Waals surface area (Å²) >= 11 is 0. The first-order chi connectivity index (χ1) is 9.36. The molecule has 0 aromatic carbocycles. The zero-order valence-corrected chi connectivity index (χ0v) is 12.6. The van der Waals surface area contributed by atoms with Crippen LogP contribution in [0.3, 0.4) is 0 Å². The van der Waals surface area contributed by atoms with E-state index in [0.29, 0.717) is 0 Å². The normalized spacial score (nSPS) is 47.7. The molecule has 0 nitrogen and oxygen atoms in total. The molecule has 4 bridgehead atoms. The molecule has 0 heterocycles. The van der Waals surface area contributed by atoms with E-state index in [9.17, 15) is 0 Å². The molecule has 0 amide bonds. The Kier molecular flexibility index (Phi) is 3.40. The monoisotopic (exact) mass is 259 g/mol. The van der Waals surface area contributed by atoms with Crippen LogP contribution in [0, 0.1) is 29.1 Å². The Labute approximate surface area is 119 Å². The van der Waals surface area contributed by atoms with Crippen LogP contribution in [-0.2, 0) is 0 Å². The summed E-state index contributed by atoms with van der Waals surface area (Å²) in [6, 6.07) is 0. The third-order valence-electron chi connectivity index (χ3n) is 7.38. The summed E-state index contributed by atoms with van der Waals surface area (Å²) in [5.41, 5.74) is 0.781. The van der Waals surface area contributed by atoms with Crippen molar-refractivity contribution in [3.05, 3.63) is 5.92 Å². The van der Waals surface area contributed by atoms with Crippen LogP contribution in [0.25, 0.3) is 0 Å². The van der Waals surface area contributed by atoms with Crippen molar-refractivity contribution in [2.75, 3.05) is 0 Å². The Morgan fingerprint density at radius 2 is 1.47 bits per heavy atom. The summed E-state index contributed by atoms with van der Waals surface area (Å²) < 4.78 is 0. The Hall–Kier alpha value is 0. The Morgan fingerprint density at radius 1 is 0.684 bits per heavy atom. The first-order valence-corrected chi connectivity index (χ1v) is 9.20. The van der Waals surface area contributed by atoms with Gasteiger partial charge in [-0.2, -0.15) is 0 Å². The minimum atomic E-state index is 0.781. The van der Waals surface area contributed by atoms with E-state index >= 15 is 0 Å². The largest absolute Gasteiger partial charge is 0.0525 e. The summed E-state index contributed by atoms with van der Waals surface area (Å²) in [4.78, 5) is 0. The van der Waals surface area contributed by atoms with E-state index in [-0.39, 0.29) is 0 Å². The molecule has 0 aromatic rings. The van der Waals surface area contributed by atoms with Gasteiger partial charge < -0.3 is 0 Å². The fraction of sp³-hybridized carbons (Fsp3) is 0.947. The van der Waals surface area contributed by atoms with Crippen LogP contribution in [0.1, 0.15) is 89.9 Å². The molecule has 0 heteroatoms. The topological polar surface area (TPSA) is 0 Å². The van der Waals surface area contributed by atoms with Gasteiger partial charge in [0.2, 0.25) is 0 Å². The van der Waals surface area contributed by atoms with E-state index in [1.165, 1.54) is 19.3 Å². The Morgan fingerprint density at radius 3 is 2.32 bits per heavy atom. The van der Waals surface area contributed by atoms with Gasteiger partial charge in [-0.05, 0) is 74.0 Å². The lowest BCUT2D eigenvalue weighted by Crippen LogP contribution is -2.39. The van der Waals surface area contributed by atoms with Crippen LogP contribution in [0.5, 0.6) is 0 Å². The van der Waals surface area contributed by atoms with Crippen LogP contribution < -0.4 is 0 Å². The molecule has 4 aliphatic carbocycles. The van der Waals surface area contributed by atoms with Gasteiger partial charge in [0.1, 0.15) is 0 Å². The smallest absolute Gasteiger partial charge is 0.0202 e. The van der Waals surface area contributed by atoms with Crippen molar-refractivity contribution in [2.24, 2.45) is 23.2 Å². The lowest BCUT2D eigenvalue weighted by Gasteiger charge is -2.50. The maximum absolute atomic E-state index is 2.04. The van der Waals surface area contributed by atoms with Gasteiger partial charge in [0.05, 0.1) is 0 Å². The van der Waals surface area contributed by atoms with Gasteiger partial charge in [-0.25, -0.2) is 0 Å². The van der Waals surface area contributed by atoms with E-state index < -0.39 is 0 Å². The van der Waals surface area contributed by atoms with E-state index in [1.807, 2.05) is 5.92 Å². The van der Waals surface area contributed by atoms with Crippen LogP contribution >= 0.6 is 0 Å². The molecule has 4 saturated carbocycles. The predicted octanol–water partition coefficient (Wildman–Crippen LogP) is 5.91. The van der Waals surface area contributed by atoms with Crippen LogP contribution in [0.4, 0.5) is 0 Å². The van der Waals surface area contributed by atoms with Crippen molar-refractivity contribution in [1.29, 1.82) is 0 Å². The number of hydrogen-bond donors (Lipinski definition) is 0. The molecule has 0 spiro atoms. The van der Waals surface area contributed by atoms with E-state index in [2.05, 4.69) is 0 Å². The van der Waals surface area contributed by atoms with Gasteiger partial charge in [0.15, 0.2) is 0 Å². The molecule has 1 radical (unpaired) electrons. The molecule has 0 saturated heterocycles. The van der Waals surface area contributed by atoms with Gasteiger partial charge >= 0.3 is 0 Å². The molecule has 4 fully saturated rings. The van der Waals surface area contributed by atoms with Crippen molar-refractivity contribution in [1.82, 2.24) is 0 Å². The minimum Gasteiger partial charge on any atom is -0.0525 e. The number of hydrogen-bond acceptors (Lipinski definition) is 0. The molecule has 107 valence electrons. The van der Waals surface area contributed by atoms with Gasteiger partial charge in [-0.1, -0.05) is 44.9 Å². The zero-order chi connectivity index (χ0) is 12.7. The molecular weight excluding hydrogens is 228 g/mol. The van der Waals surface area contributed by atoms with E-state index in [4.69, 9.17) is 0 Å². The third-order valence-corrected chi connectivity index (χ3v) is 7.38. The van der Waals surface area contributed by atoms with E-state index in [1.54, 1.807) is 70.6 Å². The average molecular weight is 259 g/mol. The van der Waals surface area contributed by atoms with Crippen molar-refractivity contribution < 1.29 is 0 Å². The lowest BCUT2D eigenvalue weighted by molar-refractivity contribution is 0.0716. The van der Waals surface area contributed by atoms with Gasteiger partial charge in [-0.3, -0.25) is 0 Å². The predicted molar refractivity (Wildman–Crippen MR) is 80.8 cm³/mol. The summed E-state index contributed by atoms with van der Waals surface area (Å²) in [6.45, 7) is 0. The van der Waals surface area contributed by atoms with Crippen molar-refractivity contribution in [3.8, 4) is 0 Å². The van der Waals surface area contributed by atoms with Gasteiger partial charge in [0, 0.05) is 0 Å². The van der Waals surface area contributed by atoms with Crippen molar-refractivity contribution in [2.45, 2.75) is 89.9 Å². The highest BCUT2D eigenvalue weighted by atomic mass is 14.5. The average Bonchev–Trinajstić information content (AvgIpc) is 2.73. The summed E-state index contributed by atoms with van der Waals surface area (Å²) in [6.07, 6.45) is 21.8. The minimum absolute atomic E-state index is 0.781. The van der Waals surface area contributed by atoms with Crippen LogP contribution in [0.2, 0.25) is 0 Å². The molecule has 4 aliphatic rings. The molecule has 0 aliphatic heterocycles. The molecule has 19 heavy (non-hydrogen) atoms. The maximum Gasteiger partial charge on any atom is -0.0202 e. The highest BCUT2D eigenvalue weighted by Crippen LogP contribution is 2.59. The fourth-order valence-corrected chi connectivity index (χ4v) is 6.41. The van der Waals surface area contributed by atoms with Crippen LogP contribution in [0.15, 0.2) is 0 Å². The SMILES string of the molecule is C1C[C]2CC(C1)CCC2C12CCCC(CCC1)CC2. The first-order valence-electron chi connectivity index (χ1n) is 9.20.